The van der Waals surface area contributed by atoms with E-state index in [4.69, 9.17) is 4.74 Å². The van der Waals surface area contributed by atoms with Gasteiger partial charge in [0.05, 0.1) is 23.7 Å². The van der Waals surface area contributed by atoms with E-state index < -0.39 is 12.0 Å². The largest absolute Gasteiger partial charge is 0.458 e. The zero-order chi connectivity index (χ0) is 24.9. The summed E-state index contributed by atoms with van der Waals surface area (Å²) in [5, 5.41) is 5.48. The molecule has 2 aliphatic heterocycles. The van der Waals surface area contributed by atoms with E-state index in [1.54, 1.807) is 19.1 Å². The molecule has 0 aromatic heterocycles. The number of esters is 1. The Hall–Kier alpha value is -3.65. The van der Waals surface area contributed by atoms with Gasteiger partial charge in [0, 0.05) is 12.2 Å². The molecular formula is C27H26FN3O3S. The van der Waals surface area contributed by atoms with Crippen molar-refractivity contribution in [1.29, 1.82) is 0 Å². The molecule has 1 amide bonds. The van der Waals surface area contributed by atoms with Crippen molar-refractivity contribution in [3.8, 4) is 0 Å². The zero-order valence-corrected chi connectivity index (χ0v) is 20.4. The Morgan fingerprint density at radius 2 is 2.00 bits per heavy atom. The Balaban J connectivity index is 1.59. The van der Waals surface area contributed by atoms with E-state index in [1.807, 2.05) is 41.5 Å². The number of benzene rings is 2. The summed E-state index contributed by atoms with van der Waals surface area (Å²) in [6.45, 7) is 7.79. The number of amides is 1. The second kappa shape index (κ2) is 10.7. The summed E-state index contributed by atoms with van der Waals surface area (Å²) >= 11 is 1.42. The highest BCUT2D eigenvalue weighted by molar-refractivity contribution is 8.16. The molecule has 0 bridgehead atoms. The summed E-state index contributed by atoms with van der Waals surface area (Å²) in [6.07, 6.45) is 1.62. The van der Waals surface area contributed by atoms with Crippen molar-refractivity contribution in [3.63, 3.8) is 0 Å². The number of rotatable bonds is 8. The van der Waals surface area contributed by atoms with Gasteiger partial charge < -0.3 is 15.0 Å². The molecule has 0 fully saturated rings. The van der Waals surface area contributed by atoms with Crippen LogP contribution in [0, 0.1) is 12.7 Å². The smallest absolute Gasteiger partial charge is 0.338 e. The lowest BCUT2D eigenvalue weighted by molar-refractivity contribution is -0.138. The number of nitrogens with zero attached hydrogens (tertiary/aromatic N) is 2. The lowest BCUT2D eigenvalue weighted by Crippen LogP contribution is -2.38. The number of carbonyl (C=O) groups is 2. The maximum absolute atomic E-state index is 13.1. The Morgan fingerprint density at radius 3 is 2.71 bits per heavy atom. The van der Waals surface area contributed by atoms with Crippen molar-refractivity contribution >= 4 is 28.8 Å². The van der Waals surface area contributed by atoms with Gasteiger partial charge in [-0.15, -0.1) is 0 Å². The van der Waals surface area contributed by atoms with Gasteiger partial charge in [0.15, 0.2) is 5.17 Å². The van der Waals surface area contributed by atoms with Crippen LogP contribution in [0.5, 0.6) is 0 Å². The molecule has 0 aliphatic carbocycles. The number of hydrogen-bond donors (Lipinski definition) is 1. The molecule has 0 spiro atoms. The Bertz CT molecular complexity index is 1250. The summed E-state index contributed by atoms with van der Waals surface area (Å²) in [7, 11) is 0. The normalized spacial score (nSPS) is 16.9. The van der Waals surface area contributed by atoms with Gasteiger partial charge in [0.25, 0.3) is 0 Å². The van der Waals surface area contributed by atoms with Crippen molar-refractivity contribution in [2.75, 3.05) is 6.61 Å². The van der Waals surface area contributed by atoms with Crippen LogP contribution in [0.4, 0.5) is 4.39 Å². The van der Waals surface area contributed by atoms with Gasteiger partial charge in [-0.05, 0) is 42.5 Å². The van der Waals surface area contributed by atoms with Crippen LogP contribution in [0.3, 0.4) is 0 Å². The maximum atomic E-state index is 13.1. The number of aryl methyl sites for hydroxylation is 1. The molecule has 0 saturated heterocycles. The van der Waals surface area contributed by atoms with Crippen molar-refractivity contribution in [2.24, 2.45) is 4.99 Å². The fraction of sp³-hybridized carbons (Fsp3) is 0.222. The second-order valence-corrected chi connectivity index (χ2v) is 9.11. The van der Waals surface area contributed by atoms with Crippen LogP contribution in [-0.4, -0.2) is 28.6 Å². The Labute approximate surface area is 208 Å². The van der Waals surface area contributed by atoms with Crippen LogP contribution in [-0.2, 0) is 20.9 Å². The lowest BCUT2D eigenvalue weighted by Gasteiger charge is -2.36. The van der Waals surface area contributed by atoms with Gasteiger partial charge in [0.1, 0.15) is 12.4 Å². The van der Waals surface area contributed by atoms with Crippen LogP contribution in [0.2, 0.25) is 0 Å². The highest BCUT2D eigenvalue weighted by Gasteiger charge is 2.41. The fourth-order valence-corrected chi connectivity index (χ4v) is 4.99. The third-order valence-electron chi connectivity index (χ3n) is 5.66. The molecule has 2 aliphatic rings. The van der Waals surface area contributed by atoms with Crippen molar-refractivity contribution in [3.05, 3.63) is 106 Å². The minimum Gasteiger partial charge on any atom is -0.458 e. The quantitative estimate of drug-likeness (QED) is 0.409. The van der Waals surface area contributed by atoms with Crippen molar-refractivity contribution in [2.45, 2.75) is 32.9 Å². The first-order valence-corrected chi connectivity index (χ1v) is 12.1. The summed E-state index contributed by atoms with van der Waals surface area (Å²) in [5.41, 5.74) is 4.51. The van der Waals surface area contributed by atoms with Crippen molar-refractivity contribution in [1.82, 2.24) is 10.2 Å². The standard InChI is InChI=1S/C27H26FN3O3S/c1-4-12-34-26(33)24-18(3)30-27-31(25(24)20-7-5-6-17(2)13-20)22(16-35-27)14-23(32)29-15-19-8-10-21(28)11-9-19/h4-11,13,16,25H,1,12,14-15H2,2-3H3,(H,29,32)/t25-/m0/s1. The number of carbonyl (C=O) groups excluding carboxylic acids is 2. The average molecular weight is 492 g/mol. The highest BCUT2D eigenvalue weighted by atomic mass is 32.2. The highest BCUT2D eigenvalue weighted by Crippen LogP contribution is 2.44. The lowest BCUT2D eigenvalue weighted by atomic mass is 9.93. The Kier molecular flexibility index (Phi) is 7.51. The van der Waals surface area contributed by atoms with E-state index in [9.17, 15) is 14.0 Å². The van der Waals surface area contributed by atoms with E-state index in [2.05, 4.69) is 16.9 Å². The topological polar surface area (TPSA) is 71.0 Å². The van der Waals surface area contributed by atoms with Crippen LogP contribution >= 0.6 is 11.8 Å². The van der Waals surface area contributed by atoms with Gasteiger partial charge in [-0.2, -0.15) is 0 Å². The number of thioether (sulfide) groups is 1. The summed E-state index contributed by atoms with van der Waals surface area (Å²) in [5.74, 6) is -0.973. The molecule has 2 aromatic rings. The predicted molar refractivity (Wildman–Crippen MR) is 136 cm³/mol. The number of amidine groups is 1. The summed E-state index contributed by atoms with van der Waals surface area (Å²) < 4.78 is 18.5. The molecule has 35 heavy (non-hydrogen) atoms. The third kappa shape index (κ3) is 5.54. The van der Waals surface area contributed by atoms with Crippen LogP contribution < -0.4 is 5.32 Å². The molecule has 8 heteroatoms. The molecule has 1 N–H and O–H groups in total. The first-order chi connectivity index (χ1) is 16.9. The summed E-state index contributed by atoms with van der Waals surface area (Å²) in [6, 6.07) is 13.4. The van der Waals surface area contributed by atoms with E-state index in [-0.39, 0.29) is 24.8 Å². The molecule has 0 radical (unpaired) electrons. The maximum Gasteiger partial charge on any atom is 0.338 e. The monoisotopic (exact) mass is 491 g/mol. The van der Waals surface area contributed by atoms with E-state index in [1.165, 1.54) is 30.0 Å². The SMILES string of the molecule is C=CCOC(=O)C1=C(C)N=C2SC=C(CC(=O)NCc3ccc(F)cc3)N2[C@H]1c1cccc(C)c1. The number of hydrogen-bond acceptors (Lipinski definition) is 6. The second-order valence-electron chi connectivity index (χ2n) is 8.27. The first kappa shape index (κ1) is 24.5. The van der Waals surface area contributed by atoms with Gasteiger partial charge in [0.2, 0.25) is 5.91 Å². The molecule has 2 aromatic carbocycles. The third-order valence-corrected chi connectivity index (χ3v) is 6.54. The molecular weight excluding hydrogens is 465 g/mol. The number of fused-ring (bicyclic) bond motifs is 1. The molecule has 2 heterocycles. The predicted octanol–water partition coefficient (Wildman–Crippen LogP) is 5.14. The number of ether oxygens (including phenoxy) is 1. The van der Waals surface area contributed by atoms with Gasteiger partial charge in [-0.1, -0.05) is 66.4 Å². The van der Waals surface area contributed by atoms with Crippen LogP contribution in [0.25, 0.3) is 0 Å². The summed E-state index contributed by atoms with van der Waals surface area (Å²) in [4.78, 5) is 32.5. The number of halogens is 1. The minimum absolute atomic E-state index is 0.0932. The van der Waals surface area contributed by atoms with E-state index >= 15 is 0 Å². The van der Waals surface area contributed by atoms with Gasteiger partial charge in [-0.25, -0.2) is 14.2 Å². The number of allylic oxidation sites excluding steroid dienone is 1. The molecule has 1 atom stereocenters. The number of aliphatic imine (C=N–C) groups is 1. The zero-order valence-electron chi connectivity index (χ0n) is 19.6. The minimum atomic E-state index is -0.481. The molecule has 180 valence electrons. The Morgan fingerprint density at radius 1 is 1.23 bits per heavy atom. The van der Waals surface area contributed by atoms with Gasteiger partial charge >= 0.3 is 5.97 Å². The van der Waals surface area contributed by atoms with Crippen molar-refractivity contribution < 1.29 is 18.7 Å². The molecule has 0 saturated carbocycles. The number of nitrogens with one attached hydrogen (secondary N) is 1. The van der Waals surface area contributed by atoms with Gasteiger partial charge in [-0.3, -0.25) is 4.79 Å². The molecule has 4 rings (SSSR count). The van der Waals surface area contributed by atoms with Crippen LogP contribution in [0.1, 0.15) is 36.1 Å². The van der Waals surface area contributed by atoms with E-state index in [0.717, 1.165) is 22.4 Å². The average Bonchev–Trinajstić information content (AvgIpc) is 3.23. The fourth-order valence-electron chi connectivity index (χ4n) is 4.03. The van der Waals surface area contributed by atoms with Crippen LogP contribution in [0.15, 0.2) is 88.6 Å². The van der Waals surface area contributed by atoms with E-state index in [0.29, 0.717) is 23.0 Å². The molecule has 6 nitrogen and oxygen atoms in total. The molecule has 0 unspecified atom stereocenters. The first-order valence-electron chi connectivity index (χ1n) is 11.2.